The second-order valence-electron chi connectivity index (χ2n) is 7.51. The summed E-state index contributed by atoms with van der Waals surface area (Å²) in [6.45, 7) is 21.0. The first-order valence-corrected chi connectivity index (χ1v) is 16.0. The quantitative estimate of drug-likeness (QED) is 0.248. The van der Waals surface area contributed by atoms with Gasteiger partial charge in [-0.2, -0.15) is 48.4 Å². The van der Waals surface area contributed by atoms with Gasteiger partial charge in [-0.25, -0.2) is 12.2 Å². The monoisotopic (exact) mass is 445 g/mol. The zero-order valence-electron chi connectivity index (χ0n) is 20.5. The maximum absolute atomic E-state index is 4.93. The van der Waals surface area contributed by atoms with Crippen molar-refractivity contribution >= 4 is 16.1 Å². The van der Waals surface area contributed by atoms with Crippen molar-refractivity contribution in [2.75, 3.05) is 42.3 Å². The van der Waals surface area contributed by atoms with Crippen LogP contribution in [0.3, 0.4) is 0 Å². The van der Waals surface area contributed by atoms with Gasteiger partial charge in [0.1, 0.15) is 0 Å². The van der Waals surface area contributed by atoms with Crippen LogP contribution in [0, 0.1) is 6.58 Å². The van der Waals surface area contributed by atoms with E-state index in [0.29, 0.717) is 0 Å². The van der Waals surface area contributed by atoms with Crippen LogP contribution in [0.15, 0.2) is 41.8 Å². The van der Waals surface area contributed by atoms with Gasteiger partial charge in [0.2, 0.25) is 0 Å². The molecule has 0 fully saturated rings. The van der Waals surface area contributed by atoms with E-state index in [-0.39, 0.29) is 21.7 Å². The summed E-state index contributed by atoms with van der Waals surface area (Å²) in [7, 11) is 8.56. The zero-order chi connectivity index (χ0) is 22.1. The number of hydrogen-bond acceptors (Lipinski definition) is 0. The first kappa shape index (κ1) is 41.4. The summed E-state index contributed by atoms with van der Waals surface area (Å²) in [6, 6.07) is 0. The van der Waals surface area contributed by atoms with Gasteiger partial charge in [-0.05, 0) is 0 Å². The normalized spacial score (nSPS) is 10.3. The van der Waals surface area contributed by atoms with Crippen LogP contribution >= 0.6 is 0 Å². The fourth-order valence-corrected chi connectivity index (χ4v) is 2.18. The first-order valence-electron chi connectivity index (χ1n) is 8.84. The van der Waals surface area contributed by atoms with E-state index in [2.05, 4.69) is 78.8 Å². The van der Waals surface area contributed by atoms with Crippen LogP contribution in [0.5, 0.6) is 0 Å². The van der Waals surface area contributed by atoms with E-state index in [4.69, 9.17) is 6.58 Å². The van der Waals surface area contributed by atoms with Crippen molar-refractivity contribution in [2.24, 2.45) is 0 Å². The van der Waals surface area contributed by atoms with Gasteiger partial charge in [-0.3, -0.25) is 6.58 Å². The van der Waals surface area contributed by atoms with Crippen molar-refractivity contribution in [3.8, 4) is 0 Å². The molecule has 0 aliphatic rings. The second-order valence-corrected chi connectivity index (χ2v) is 17.6. The summed E-state index contributed by atoms with van der Waals surface area (Å²) in [5.74, 6) is 0. The zero-order valence-corrected chi connectivity index (χ0v) is 24.0. The Hall–Kier alpha value is -0.0119. The molecule has 6 heteroatoms. The molecule has 0 atom stereocenters. The Bertz CT molecular complexity index is 303. The van der Waals surface area contributed by atoms with Crippen molar-refractivity contribution < 1.29 is 21.7 Å². The van der Waals surface area contributed by atoms with Crippen molar-refractivity contribution in [3.63, 3.8) is 0 Å². The summed E-state index contributed by atoms with van der Waals surface area (Å²) < 4.78 is 0. The molecule has 0 rings (SSSR count). The molecule has 27 heavy (non-hydrogen) atoms. The first-order chi connectivity index (χ1) is 11.9. The second kappa shape index (κ2) is 33.6. The third kappa shape index (κ3) is 124. The molecule has 0 spiro atoms. The molecule has 0 aromatic rings. The van der Waals surface area contributed by atoms with Crippen LogP contribution in [-0.4, -0.2) is 58.4 Å². The van der Waals surface area contributed by atoms with Gasteiger partial charge >= 0.3 is 21.7 Å². The molecule has 0 saturated heterocycles. The number of rotatable bonds is 4. The molecule has 0 bridgehead atoms. The molecule has 0 radical (unpaired) electrons. The molecule has 3 nitrogen and oxygen atoms in total. The Morgan fingerprint density at radius 3 is 0.889 bits per heavy atom. The van der Waals surface area contributed by atoms with E-state index < -0.39 is 16.1 Å². The molecule has 0 aromatic carbocycles. The van der Waals surface area contributed by atoms with Gasteiger partial charge in [0, 0.05) is 0 Å². The summed E-state index contributed by atoms with van der Waals surface area (Å²) in [4.78, 5) is 0. The molecule has 0 amide bonds. The van der Waals surface area contributed by atoms with Crippen molar-refractivity contribution in [2.45, 2.75) is 46.2 Å². The Balaban J connectivity index is -0.0000000612. The summed E-state index contributed by atoms with van der Waals surface area (Å²) in [5.41, 5.74) is 4.76. The van der Waals surface area contributed by atoms with E-state index in [1.54, 1.807) is 48.4 Å². The molecule has 0 heterocycles. The molecular formula is C21H47N3Si2Ti. The molecule has 158 valence electrons. The predicted molar refractivity (Wildman–Crippen MR) is 134 cm³/mol. The van der Waals surface area contributed by atoms with E-state index in [0.717, 1.165) is 0 Å². The van der Waals surface area contributed by atoms with Gasteiger partial charge in [-0.15, -0.1) is 0 Å². The molecular weight excluding hydrogens is 398 g/mol. The summed E-state index contributed by atoms with van der Waals surface area (Å²) in [5, 5.41) is 10.5. The molecule has 0 aliphatic heterocycles. The van der Waals surface area contributed by atoms with Crippen molar-refractivity contribution in [1.29, 1.82) is 0 Å². The van der Waals surface area contributed by atoms with Crippen LogP contribution in [0.2, 0.25) is 39.3 Å². The molecule has 0 saturated carbocycles. The third-order valence-corrected chi connectivity index (χ3v) is 3.99. The van der Waals surface area contributed by atoms with Gasteiger partial charge in [0.05, 0.1) is 16.1 Å². The van der Waals surface area contributed by atoms with Crippen LogP contribution in [0.4, 0.5) is 0 Å². The molecule has 0 unspecified atom stereocenters. The topological polar surface area (TPSA) is 42.3 Å². The van der Waals surface area contributed by atoms with E-state index >= 15 is 0 Å². The fourth-order valence-electron chi connectivity index (χ4n) is 0.800. The number of nitrogens with zero attached hydrogens (tertiary/aromatic N) is 3. The fraction of sp³-hybridized carbons (Fsp3) is 0.619. The SMILES string of the molecule is C[N-]C.C[N-]C.C[N-]C.C[Si](C)(C)C=CC=C[Si](C)(C)C.[CH-]=CC=CC.[Ti+4]. The average Bonchev–Trinajstić information content (AvgIpc) is 2.46. The summed E-state index contributed by atoms with van der Waals surface area (Å²) in [6.07, 6.45) is 9.61. The van der Waals surface area contributed by atoms with Crippen LogP contribution in [-0.2, 0) is 21.7 Å². The maximum Gasteiger partial charge on any atom is 4.00 e. The van der Waals surface area contributed by atoms with Gasteiger partial charge in [0.25, 0.3) is 0 Å². The maximum atomic E-state index is 4.93. The van der Waals surface area contributed by atoms with Gasteiger partial charge < -0.3 is 16.0 Å². The van der Waals surface area contributed by atoms with Crippen LogP contribution in [0.25, 0.3) is 16.0 Å². The molecule has 0 aromatic heterocycles. The summed E-state index contributed by atoms with van der Waals surface area (Å²) >= 11 is 0. The minimum absolute atomic E-state index is 0. The average molecular weight is 446 g/mol. The Morgan fingerprint density at radius 1 is 0.593 bits per heavy atom. The van der Waals surface area contributed by atoms with Crippen molar-refractivity contribution in [1.82, 2.24) is 0 Å². The van der Waals surface area contributed by atoms with Gasteiger partial charge in [-0.1, -0.05) is 69.8 Å². The molecule has 0 aliphatic carbocycles. The Morgan fingerprint density at radius 2 is 0.815 bits per heavy atom. The number of hydrogen-bond donors (Lipinski definition) is 0. The Labute approximate surface area is 190 Å². The van der Waals surface area contributed by atoms with E-state index in [1.807, 2.05) is 13.0 Å². The van der Waals surface area contributed by atoms with E-state index in [9.17, 15) is 0 Å². The van der Waals surface area contributed by atoms with E-state index in [1.165, 1.54) is 6.08 Å². The van der Waals surface area contributed by atoms with Crippen molar-refractivity contribution in [3.05, 3.63) is 64.3 Å². The predicted octanol–water partition coefficient (Wildman–Crippen LogP) is 7.26. The van der Waals surface area contributed by atoms with Crippen LogP contribution < -0.4 is 0 Å². The minimum atomic E-state index is -0.970. The van der Waals surface area contributed by atoms with Crippen LogP contribution in [0.1, 0.15) is 6.92 Å². The minimum Gasteiger partial charge on any atom is -0.668 e. The standard InChI is InChI=1S/C10H22Si2.C5H7.3C2H6N.Ti/c1-11(2,3)9-7-8-10-12(4,5)6;1-3-5-4-2;3*1-3-2;/h7-10H,1-6H3;1,3-5H,2H3;3*1-2H3;/q;4*-1;+4. The third-order valence-electron chi connectivity index (χ3n) is 1.61. The molecule has 0 N–H and O–H groups in total. The van der Waals surface area contributed by atoms with Gasteiger partial charge in [0.15, 0.2) is 0 Å². The Kier molecular flexibility index (Phi) is 51.4. The number of allylic oxidation sites excluding steroid dienone is 5. The smallest absolute Gasteiger partial charge is 0.668 e. The largest absolute Gasteiger partial charge is 4.00 e.